The number of anilines is 1. The van der Waals surface area contributed by atoms with Crippen LogP contribution in [-0.2, 0) is 0 Å². The summed E-state index contributed by atoms with van der Waals surface area (Å²) < 4.78 is 4.95. The summed E-state index contributed by atoms with van der Waals surface area (Å²) in [5, 5.41) is 0. The molecule has 0 atom stereocenters. The normalized spacial score (nSPS) is 8.73. The molecule has 55 valence electrons. The quantitative estimate of drug-likeness (QED) is 0.477. The van der Waals surface area contributed by atoms with Crippen LogP contribution in [-0.4, -0.2) is 7.11 Å². The van der Waals surface area contributed by atoms with Gasteiger partial charge in [0, 0.05) is 11.8 Å². The highest BCUT2D eigenvalue weighted by Crippen LogP contribution is 2.19. The van der Waals surface area contributed by atoms with Crippen LogP contribution in [0.25, 0.3) is 0 Å². The van der Waals surface area contributed by atoms with Crippen LogP contribution in [0.15, 0.2) is 18.2 Å². The molecular formula is C9H8NO. The fourth-order valence-electron chi connectivity index (χ4n) is 0.811. The van der Waals surface area contributed by atoms with E-state index >= 15 is 0 Å². The molecule has 0 bridgehead atoms. The van der Waals surface area contributed by atoms with Gasteiger partial charge in [0.1, 0.15) is 5.75 Å². The van der Waals surface area contributed by atoms with Crippen molar-refractivity contribution in [3.63, 3.8) is 0 Å². The van der Waals surface area contributed by atoms with Crippen LogP contribution in [0.3, 0.4) is 0 Å². The molecule has 2 heteroatoms. The second kappa shape index (κ2) is 2.98. The molecule has 0 saturated carbocycles. The van der Waals surface area contributed by atoms with Crippen LogP contribution in [0.2, 0.25) is 0 Å². The van der Waals surface area contributed by atoms with Crippen molar-refractivity contribution in [2.24, 2.45) is 0 Å². The van der Waals surface area contributed by atoms with Crippen molar-refractivity contribution in [2.45, 2.75) is 0 Å². The van der Waals surface area contributed by atoms with Gasteiger partial charge in [0.15, 0.2) is 0 Å². The molecule has 0 spiro atoms. The Balaban J connectivity index is 3.19. The van der Waals surface area contributed by atoms with Gasteiger partial charge in [0.2, 0.25) is 0 Å². The van der Waals surface area contributed by atoms with Crippen molar-refractivity contribution < 1.29 is 4.74 Å². The van der Waals surface area contributed by atoms with Gasteiger partial charge in [-0.1, -0.05) is 0 Å². The van der Waals surface area contributed by atoms with Gasteiger partial charge in [-0.25, -0.2) is 0 Å². The molecule has 1 rings (SSSR count). The van der Waals surface area contributed by atoms with Crippen LogP contribution < -0.4 is 10.5 Å². The van der Waals surface area contributed by atoms with E-state index in [-0.39, 0.29) is 0 Å². The van der Waals surface area contributed by atoms with E-state index in [4.69, 9.17) is 16.9 Å². The zero-order chi connectivity index (χ0) is 8.27. The molecule has 0 saturated heterocycles. The first-order valence-electron chi connectivity index (χ1n) is 3.14. The zero-order valence-electron chi connectivity index (χ0n) is 6.22. The second-order valence-electron chi connectivity index (χ2n) is 2.08. The Labute approximate surface area is 66.0 Å². The third-order valence-corrected chi connectivity index (χ3v) is 1.36. The fraction of sp³-hybridized carbons (Fsp3) is 0.111. The van der Waals surface area contributed by atoms with E-state index in [0.29, 0.717) is 17.0 Å². The van der Waals surface area contributed by atoms with Gasteiger partial charge >= 0.3 is 0 Å². The summed E-state index contributed by atoms with van der Waals surface area (Å²) in [7, 11) is 1.54. The second-order valence-corrected chi connectivity index (χ2v) is 2.08. The lowest BCUT2D eigenvalue weighted by atomic mass is 10.2. The summed E-state index contributed by atoms with van der Waals surface area (Å²) in [5.41, 5.74) is 6.73. The molecule has 2 nitrogen and oxygen atoms in total. The minimum absolute atomic E-state index is 0.583. The molecule has 1 aromatic carbocycles. The lowest BCUT2D eigenvalue weighted by Gasteiger charge is -2.02. The predicted molar refractivity (Wildman–Crippen MR) is 43.6 cm³/mol. The summed E-state index contributed by atoms with van der Waals surface area (Å²) in [5.74, 6) is 2.83. The first-order valence-corrected chi connectivity index (χ1v) is 3.14. The van der Waals surface area contributed by atoms with E-state index < -0.39 is 0 Å². The Morgan fingerprint density at radius 1 is 1.55 bits per heavy atom. The fourth-order valence-corrected chi connectivity index (χ4v) is 0.811. The average molecular weight is 146 g/mol. The highest BCUT2D eigenvalue weighted by atomic mass is 16.5. The lowest BCUT2D eigenvalue weighted by Crippen LogP contribution is -1.90. The summed E-state index contributed by atoms with van der Waals surface area (Å²) in [6.07, 6.45) is 6.89. The summed E-state index contributed by atoms with van der Waals surface area (Å²) in [6, 6.07) is 5.07. The number of ether oxygens (including phenoxy) is 1. The van der Waals surface area contributed by atoms with Crippen molar-refractivity contribution >= 4 is 5.69 Å². The molecule has 0 aromatic heterocycles. The van der Waals surface area contributed by atoms with E-state index in [9.17, 15) is 0 Å². The minimum atomic E-state index is 0.583. The van der Waals surface area contributed by atoms with Gasteiger partial charge < -0.3 is 10.5 Å². The van der Waals surface area contributed by atoms with Gasteiger partial charge in [0.25, 0.3) is 0 Å². The maximum atomic E-state index is 6.89. The van der Waals surface area contributed by atoms with E-state index in [1.165, 1.54) is 7.11 Å². The molecule has 0 unspecified atom stereocenters. The highest BCUT2D eigenvalue weighted by Gasteiger charge is 1.98. The van der Waals surface area contributed by atoms with Gasteiger partial charge in [-0.3, -0.25) is 0 Å². The molecule has 1 radical (unpaired) electrons. The third-order valence-electron chi connectivity index (χ3n) is 1.36. The number of nitrogens with two attached hydrogens (primary N) is 1. The molecule has 0 aliphatic heterocycles. The van der Waals surface area contributed by atoms with Crippen LogP contribution in [0.1, 0.15) is 5.56 Å². The number of methoxy groups -OCH3 is 1. The van der Waals surface area contributed by atoms with Crippen molar-refractivity contribution in [1.29, 1.82) is 0 Å². The molecule has 0 amide bonds. The van der Waals surface area contributed by atoms with Gasteiger partial charge in [-0.05, 0) is 24.5 Å². The number of hydrogen-bond donors (Lipinski definition) is 1. The maximum Gasteiger partial charge on any atom is 0.136 e. The Hall–Kier alpha value is -1.62. The first-order chi connectivity index (χ1) is 5.27. The summed E-state index contributed by atoms with van der Waals surface area (Å²) in [6.45, 7) is 0. The number of rotatable bonds is 1. The molecule has 0 heterocycles. The van der Waals surface area contributed by atoms with Crippen LogP contribution in [0.5, 0.6) is 5.75 Å². The molecule has 11 heavy (non-hydrogen) atoms. The molecule has 0 aliphatic carbocycles. The predicted octanol–water partition coefficient (Wildman–Crippen LogP) is 1.22. The van der Waals surface area contributed by atoms with Crippen molar-refractivity contribution in [1.82, 2.24) is 0 Å². The molecule has 0 aliphatic rings. The minimum Gasteiger partial charge on any atom is -0.495 e. The van der Waals surface area contributed by atoms with Crippen LogP contribution in [0.4, 0.5) is 5.69 Å². The Bertz CT molecular complexity index is 299. The smallest absolute Gasteiger partial charge is 0.136 e. The lowest BCUT2D eigenvalue weighted by molar-refractivity contribution is 0.414. The van der Waals surface area contributed by atoms with Crippen molar-refractivity contribution in [3.8, 4) is 11.7 Å². The van der Waals surface area contributed by atoms with Gasteiger partial charge in [-0.15, -0.1) is 0 Å². The van der Waals surface area contributed by atoms with Crippen LogP contribution >= 0.6 is 0 Å². The van der Waals surface area contributed by atoms with E-state index in [1.54, 1.807) is 18.2 Å². The van der Waals surface area contributed by atoms with E-state index in [0.717, 1.165) is 0 Å². The SMILES string of the molecule is [C]#Cc1ccc(N)cc1OC. The highest BCUT2D eigenvalue weighted by molar-refractivity contribution is 5.53. The Kier molecular flexibility index (Phi) is 2.03. The van der Waals surface area contributed by atoms with Crippen molar-refractivity contribution in [3.05, 3.63) is 30.2 Å². The summed E-state index contributed by atoms with van der Waals surface area (Å²) in [4.78, 5) is 0. The molecule has 2 N–H and O–H groups in total. The van der Waals surface area contributed by atoms with Crippen LogP contribution in [0, 0.1) is 12.3 Å². The summed E-state index contributed by atoms with van der Waals surface area (Å²) >= 11 is 0. The van der Waals surface area contributed by atoms with Gasteiger partial charge in [0.05, 0.1) is 12.7 Å². The topological polar surface area (TPSA) is 35.2 Å². The molecule has 0 fully saturated rings. The largest absolute Gasteiger partial charge is 0.495 e. The third kappa shape index (κ3) is 1.44. The first kappa shape index (κ1) is 7.49. The molecular weight excluding hydrogens is 138 g/mol. The monoisotopic (exact) mass is 146 g/mol. The number of nitrogen functional groups attached to an aromatic ring is 1. The Morgan fingerprint density at radius 3 is 2.82 bits per heavy atom. The number of benzene rings is 1. The number of hydrogen-bond acceptors (Lipinski definition) is 2. The zero-order valence-corrected chi connectivity index (χ0v) is 6.22. The Morgan fingerprint density at radius 2 is 2.27 bits per heavy atom. The van der Waals surface area contributed by atoms with Gasteiger partial charge in [-0.2, -0.15) is 0 Å². The molecule has 1 aromatic rings. The van der Waals surface area contributed by atoms with E-state index in [2.05, 4.69) is 5.92 Å². The standard InChI is InChI=1S/C9H8NO/c1-3-7-4-5-8(10)6-9(7)11-2/h4-6H,10H2,2H3. The average Bonchev–Trinajstić information content (AvgIpc) is 2.04. The van der Waals surface area contributed by atoms with E-state index in [1.807, 2.05) is 0 Å². The maximum absolute atomic E-state index is 6.89. The van der Waals surface area contributed by atoms with Crippen molar-refractivity contribution in [2.75, 3.05) is 12.8 Å².